The first-order chi connectivity index (χ1) is 9.62. The number of hydrogen-bond donors (Lipinski definition) is 3. The van der Waals surface area contributed by atoms with Crippen LogP contribution in [0.2, 0.25) is 0 Å². The third-order valence-electron chi connectivity index (χ3n) is 3.60. The summed E-state index contributed by atoms with van der Waals surface area (Å²) in [5.41, 5.74) is 1.16. The van der Waals surface area contributed by atoms with E-state index in [9.17, 15) is 15.3 Å². The van der Waals surface area contributed by atoms with Gasteiger partial charge in [-0.15, -0.1) is 6.58 Å². The van der Waals surface area contributed by atoms with Crippen molar-refractivity contribution < 1.29 is 15.3 Å². The Balaban J connectivity index is 2.57. The predicted molar refractivity (Wildman–Crippen MR) is 78.9 cm³/mol. The summed E-state index contributed by atoms with van der Waals surface area (Å²) in [6.07, 6.45) is 2.31. The minimum Gasteiger partial charge on any atom is -0.508 e. The van der Waals surface area contributed by atoms with Gasteiger partial charge in [-0.1, -0.05) is 30.3 Å². The highest BCUT2D eigenvalue weighted by Crippen LogP contribution is 2.37. The molecule has 0 bridgehead atoms. The Morgan fingerprint density at radius 2 is 1.25 bits per heavy atom. The molecule has 0 fully saturated rings. The lowest BCUT2D eigenvalue weighted by Gasteiger charge is -2.32. The van der Waals surface area contributed by atoms with E-state index in [2.05, 4.69) is 6.58 Å². The second-order valence-corrected chi connectivity index (χ2v) is 4.83. The fraction of sp³-hybridized carbons (Fsp3) is 0.176. The van der Waals surface area contributed by atoms with Crippen molar-refractivity contribution >= 4 is 0 Å². The largest absolute Gasteiger partial charge is 0.508 e. The smallest absolute Gasteiger partial charge is 0.115 e. The van der Waals surface area contributed by atoms with Crippen LogP contribution in [0.1, 0.15) is 17.5 Å². The van der Waals surface area contributed by atoms with Crippen LogP contribution in [0.4, 0.5) is 0 Å². The van der Waals surface area contributed by atoms with Gasteiger partial charge in [-0.25, -0.2) is 0 Å². The quantitative estimate of drug-likeness (QED) is 0.732. The van der Waals surface area contributed by atoms with Crippen LogP contribution in [0, 0.1) is 0 Å². The van der Waals surface area contributed by atoms with Crippen LogP contribution in [0.5, 0.6) is 11.5 Å². The van der Waals surface area contributed by atoms with E-state index >= 15 is 0 Å². The fourth-order valence-corrected chi connectivity index (χ4v) is 2.46. The molecular formula is C17H18O3. The molecule has 0 aromatic heterocycles. The molecule has 0 heterocycles. The van der Waals surface area contributed by atoms with Gasteiger partial charge in [0.25, 0.3) is 0 Å². The second-order valence-electron chi connectivity index (χ2n) is 4.83. The molecule has 20 heavy (non-hydrogen) atoms. The second kappa shape index (κ2) is 5.80. The summed E-state index contributed by atoms with van der Waals surface area (Å²) in [6, 6.07) is 13.6. The molecule has 3 heteroatoms. The van der Waals surface area contributed by atoms with Crippen LogP contribution in [0.15, 0.2) is 61.2 Å². The Hall–Kier alpha value is -2.26. The topological polar surface area (TPSA) is 60.7 Å². The normalized spacial score (nSPS) is 11.2. The van der Waals surface area contributed by atoms with E-state index in [-0.39, 0.29) is 18.1 Å². The van der Waals surface area contributed by atoms with Gasteiger partial charge >= 0.3 is 0 Å². The molecule has 0 unspecified atom stereocenters. The standard InChI is InChI=1S/C17H18O3/c1-2-11-17(12-18,13-3-7-15(19)8-4-13)14-5-9-16(20)10-6-14/h2-10,18-20H,1,11-12H2. The van der Waals surface area contributed by atoms with Gasteiger partial charge in [0.05, 0.1) is 6.61 Å². The molecule has 0 atom stereocenters. The number of allylic oxidation sites excluding steroid dienone is 1. The first kappa shape index (κ1) is 14.2. The highest BCUT2D eigenvalue weighted by molar-refractivity contribution is 5.43. The lowest BCUT2D eigenvalue weighted by molar-refractivity contribution is 0.220. The summed E-state index contributed by atoms with van der Waals surface area (Å²) >= 11 is 0. The van der Waals surface area contributed by atoms with Gasteiger partial charge in [-0.2, -0.15) is 0 Å². The van der Waals surface area contributed by atoms with Crippen LogP contribution >= 0.6 is 0 Å². The molecule has 2 aromatic rings. The van der Waals surface area contributed by atoms with Gasteiger partial charge in [-0.3, -0.25) is 0 Å². The molecule has 3 N–H and O–H groups in total. The average Bonchev–Trinajstić information content (AvgIpc) is 2.47. The highest BCUT2D eigenvalue weighted by atomic mass is 16.3. The van der Waals surface area contributed by atoms with Crippen LogP contribution < -0.4 is 0 Å². The average molecular weight is 270 g/mol. The number of phenolic OH excluding ortho intramolecular Hbond substituents is 2. The van der Waals surface area contributed by atoms with Crippen LogP contribution in [0.3, 0.4) is 0 Å². The Bertz CT molecular complexity index is 525. The third-order valence-corrected chi connectivity index (χ3v) is 3.60. The molecule has 0 saturated heterocycles. The number of aromatic hydroxyl groups is 2. The van der Waals surface area contributed by atoms with Crippen molar-refractivity contribution in [2.75, 3.05) is 6.61 Å². The number of benzene rings is 2. The summed E-state index contributed by atoms with van der Waals surface area (Å²) in [5.74, 6) is 0.370. The number of rotatable bonds is 5. The van der Waals surface area contributed by atoms with E-state index in [1.54, 1.807) is 54.6 Å². The molecule has 3 nitrogen and oxygen atoms in total. The zero-order chi connectivity index (χ0) is 14.6. The number of phenols is 2. The van der Waals surface area contributed by atoms with E-state index in [4.69, 9.17) is 0 Å². The number of aliphatic hydroxyl groups is 1. The van der Waals surface area contributed by atoms with Crippen molar-refractivity contribution in [3.05, 3.63) is 72.3 Å². The van der Waals surface area contributed by atoms with Crippen LogP contribution in [0.25, 0.3) is 0 Å². The Morgan fingerprint density at radius 1 is 0.850 bits per heavy atom. The van der Waals surface area contributed by atoms with E-state index in [0.29, 0.717) is 6.42 Å². The summed E-state index contributed by atoms with van der Waals surface area (Å²) in [6.45, 7) is 3.68. The van der Waals surface area contributed by atoms with E-state index in [0.717, 1.165) is 11.1 Å². The van der Waals surface area contributed by atoms with Crippen molar-refractivity contribution in [1.82, 2.24) is 0 Å². The molecule has 0 spiro atoms. The maximum atomic E-state index is 9.98. The summed E-state index contributed by atoms with van der Waals surface area (Å²) in [4.78, 5) is 0. The molecule has 104 valence electrons. The van der Waals surface area contributed by atoms with Crippen molar-refractivity contribution in [1.29, 1.82) is 0 Å². The zero-order valence-corrected chi connectivity index (χ0v) is 11.2. The lowest BCUT2D eigenvalue weighted by Crippen LogP contribution is -2.31. The predicted octanol–water partition coefficient (Wildman–Crippen LogP) is 2.95. The number of aliphatic hydroxyl groups excluding tert-OH is 1. The lowest BCUT2D eigenvalue weighted by atomic mass is 9.72. The van der Waals surface area contributed by atoms with Crippen LogP contribution in [-0.4, -0.2) is 21.9 Å². The Morgan fingerprint density at radius 3 is 1.55 bits per heavy atom. The Labute approximate surface area is 118 Å². The Kier molecular flexibility index (Phi) is 4.11. The molecule has 2 aromatic carbocycles. The third kappa shape index (κ3) is 2.53. The minimum absolute atomic E-state index is 0.0887. The van der Waals surface area contributed by atoms with Crippen molar-refractivity contribution in [2.45, 2.75) is 11.8 Å². The van der Waals surface area contributed by atoms with Crippen molar-refractivity contribution in [2.24, 2.45) is 0 Å². The highest BCUT2D eigenvalue weighted by Gasteiger charge is 2.32. The maximum Gasteiger partial charge on any atom is 0.115 e. The SMILES string of the molecule is C=CCC(CO)(c1ccc(O)cc1)c1ccc(O)cc1. The molecular weight excluding hydrogens is 252 g/mol. The van der Waals surface area contributed by atoms with E-state index in [1.165, 1.54) is 0 Å². The first-order valence-corrected chi connectivity index (χ1v) is 6.43. The molecule has 0 aliphatic carbocycles. The number of hydrogen-bond acceptors (Lipinski definition) is 3. The first-order valence-electron chi connectivity index (χ1n) is 6.43. The van der Waals surface area contributed by atoms with Gasteiger partial charge in [-0.05, 0) is 41.8 Å². The minimum atomic E-state index is -0.622. The van der Waals surface area contributed by atoms with Gasteiger partial charge in [0.2, 0.25) is 0 Å². The van der Waals surface area contributed by atoms with Gasteiger partial charge in [0.15, 0.2) is 0 Å². The van der Waals surface area contributed by atoms with E-state index in [1.807, 2.05) is 0 Å². The summed E-state index contributed by atoms with van der Waals surface area (Å²) in [5, 5.41) is 28.8. The monoisotopic (exact) mass is 270 g/mol. The summed E-state index contributed by atoms with van der Waals surface area (Å²) < 4.78 is 0. The van der Waals surface area contributed by atoms with Crippen LogP contribution in [-0.2, 0) is 5.41 Å². The van der Waals surface area contributed by atoms with Crippen molar-refractivity contribution in [3.63, 3.8) is 0 Å². The van der Waals surface area contributed by atoms with Gasteiger partial charge in [0.1, 0.15) is 11.5 Å². The summed E-state index contributed by atoms with van der Waals surface area (Å²) in [7, 11) is 0. The molecule has 0 aliphatic rings. The zero-order valence-electron chi connectivity index (χ0n) is 11.2. The molecule has 0 amide bonds. The molecule has 0 saturated carbocycles. The fourth-order valence-electron chi connectivity index (χ4n) is 2.46. The van der Waals surface area contributed by atoms with E-state index < -0.39 is 5.41 Å². The molecule has 2 rings (SSSR count). The van der Waals surface area contributed by atoms with Gasteiger partial charge in [0, 0.05) is 5.41 Å². The van der Waals surface area contributed by atoms with Gasteiger partial charge < -0.3 is 15.3 Å². The maximum absolute atomic E-state index is 9.98. The van der Waals surface area contributed by atoms with Crippen molar-refractivity contribution in [3.8, 4) is 11.5 Å². The molecule has 0 aliphatic heterocycles. The molecule has 0 radical (unpaired) electrons.